The van der Waals surface area contributed by atoms with E-state index in [0.717, 1.165) is 0 Å². The third-order valence-corrected chi connectivity index (χ3v) is 3.81. The zero-order valence-electron chi connectivity index (χ0n) is 15.2. The molecule has 0 aliphatic heterocycles. The molecule has 0 unspecified atom stereocenters. The van der Waals surface area contributed by atoms with Crippen molar-refractivity contribution in [3.05, 3.63) is 58.0 Å². The minimum atomic E-state index is -0.516. The fraction of sp³-hybridized carbons (Fsp3) is 0.176. The van der Waals surface area contributed by atoms with Crippen LogP contribution >= 0.6 is 0 Å². The van der Waals surface area contributed by atoms with Gasteiger partial charge in [-0.2, -0.15) is 10.1 Å². The molecule has 2 heterocycles. The number of nitrogens with zero attached hydrogens (tertiary/aromatic N) is 5. The summed E-state index contributed by atoms with van der Waals surface area (Å²) in [5.74, 6) is 0.479. The van der Waals surface area contributed by atoms with Crippen molar-refractivity contribution in [2.75, 3.05) is 19.5 Å². The second-order valence-corrected chi connectivity index (χ2v) is 5.63. The van der Waals surface area contributed by atoms with E-state index < -0.39 is 10.9 Å². The lowest BCUT2D eigenvalue weighted by molar-refractivity contribution is -0.384. The van der Waals surface area contributed by atoms with Gasteiger partial charge in [-0.15, -0.1) is 0 Å². The van der Waals surface area contributed by atoms with E-state index in [2.05, 4.69) is 25.1 Å². The van der Waals surface area contributed by atoms with Crippen molar-refractivity contribution in [3.8, 4) is 11.6 Å². The summed E-state index contributed by atoms with van der Waals surface area (Å²) < 4.78 is 11.3. The maximum absolute atomic E-state index is 11.6. The highest BCUT2D eigenvalue weighted by atomic mass is 16.6. The monoisotopic (exact) mass is 384 g/mol. The highest BCUT2D eigenvalue weighted by Crippen LogP contribution is 2.30. The predicted octanol–water partition coefficient (Wildman–Crippen LogP) is 2.42. The van der Waals surface area contributed by atoms with Gasteiger partial charge in [0.15, 0.2) is 5.82 Å². The van der Waals surface area contributed by atoms with Crippen molar-refractivity contribution in [2.45, 2.75) is 6.92 Å². The molecule has 0 radical (unpaired) electrons. The van der Waals surface area contributed by atoms with E-state index in [-0.39, 0.29) is 17.2 Å². The Labute approximate surface area is 159 Å². The molecular weight excluding hydrogens is 368 g/mol. The first-order chi connectivity index (χ1) is 13.4. The van der Waals surface area contributed by atoms with Crippen molar-refractivity contribution in [3.63, 3.8) is 0 Å². The quantitative estimate of drug-likeness (QED) is 0.386. The van der Waals surface area contributed by atoms with Gasteiger partial charge in [0, 0.05) is 30.1 Å². The van der Waals surface area contributed by atoms with E-state index in [1.165, 1.54) is 49.5 Å². The number of methoxy groups -OCH3 is 2. The molecule has 0 bridgehead atoms. The van der Waals surface area contributed by atoms with E-state index in [4.69, 9.17) is 4.74 Å². The molecule has 0 saturated heterocycles. The van der Waals surface area contributed by atoms with Crippen LogP contribution in [0.5, 0.6) is 5.75 Å². The van der Waals surface area contributed by atoms with Gasteiger partial charge < -0.3 is 14.8 Å². The van der Waals surface area contributed by atoms with E-state index in [1.54, 1.807) is 13.1 Å². The molecule has 1 aromatic carbocycles. The van der Waals surface area contributed by atoms with Crippen LogP contribution in [0.1, 0.15) is 15.9 Å². The van der Waals surface area contributed by atoms with Gasteiger partial charge in [0.1, 0.15) is 5.75 Å². The Bertz CT molecular complexity index is 1050. The number of nitro groups is 1. The zero-order chi connectivity index (χ0) is 20.3. The minimum Gasteiger partial charge on any atom is -0.495 e. The van der Waals surface area contributed by atoms with E-state index in [0.29, 0.717) is 22.8 Å². The van der Waals surface area contributed by atoms with Crippen LogP contribution in [0.2, 0.25) is 0 Å². The summed E-state index contributed by atoms with van der Waals surface area (Å²) >= 11 is 0. The third-order valence-electron chi connectivity index (χ3n) is 3.81. The first kappa shape index (κ1) is 18.8. The van der Waals surface area contributed by atoms with Crippen LogP contribution in [-0.2, 0) is 4.74 Å². The van der Waals surface area contributed by atoms with Crippen molar-refractivity contribution in [2.24, 2.45) is 0 Å². The number of rotatable bonds is 6. The Morgan fingerprint density at radius 2 is 2.07 bits per heavy atom. The molecule has 0 aliphatic carbocycles. The summed E-state index contributed by atoms with van der Waals surface area (Å²) in [5.41, 5.74) is 1.21. The Morgan fingerprint density at radius 1 is 1.29 bits per heavy atom. The van der Waals surface area contributed by atoms with E-state index in [1.807, 2.05) is 0 Å². The van der Waals surface area contributed by atoms with E-state index >= 15 is 0 Å². The molecule has 0 spiro atoms. The number of aryl methyl sites for hydroxylation is 1. The van der Waals surface area contributed by atoms with Gasteiger partial charge in [-0.1, -0.05) is 0 Å². The average molecular weight is 384 g/mol. The molecule has 0 fully saturated rings. The largest absolute Gasteiger partial charge is 0.495 e. The summed E-state index contributed by atoms with van der Waals surface area (Å²) in [7, 11) is 2.73. The van der Waals surface area contributed by atoms with Crippen LogP contribution in [0, 0.1) is 17.0 Å². The number of esters is 1. The lowest BCUT2D eigenvalue weighted by Gasteiger charge is -2.11. The van der Waals surface area contributed by atoms with Gasteiger partial charge in [-0.25, -0.2) is 14.5 Å². The fourth-order valence-electron chi connectivity index (χ4n) is 2.41. The number of nitrogens with one attached hydrogen (secondary N) is 1. The molecule has 11 heteroatoms. The maximum Gasteiger partial charge on any atom is 0.341 e. The number of aromatic nitrogens is 4. The average Bonchev–Trinajstić information content (AvgIpc) is 3.18. The molecule has 3 aromatic rings. The van der Waals surface area contributed by atoms with Crippen molar-refractivity contribution < 1.29 is 19.2 Å². The number of hydrogen-bond donors (Lipinski definition) is 1. The second-order valence-electron chi connectivity index (χ2n) is 5.63. The molecule has 3 rings (SSSR count). The fourth-order valence-corrected chi connectivity index (χ4v) is 2.41. The topological polar surface area (TPSA) is 134 Å². The van der Waals surface area contributed by atoms with Gasteiger partial charge in [0.2, 0.25) is 5.95 Å². The number of ether oxygens (including phenoxy) is 2. The lowest BCUT2D eigenvalue weighted by atomic mass is 10.2. The molecule has 0 aliphatic rings. The first-order valence-electron chi connectivity index (χ1n) is 7.99. The molecule has 11 nitrogen and oxygen atoms in total. The maximum atomic E-state index is 11.6. The number of non-ortho nitro benzene ring substituents is 1. The van der Waals surface area contributed by atoms with Crippen LogP contribution in [0.4, 0.5) is 17.3 Å². The predicted molar refractivity (Wildman–Crippen MR) is 98.2 cm³/mol. The number of carbonyl (C=O) groups is 1. The van der Waals surface area contributed by atoms with Gasteiger partial charge >= 0.3 is 5.97 Å². The highest BCUT2D eigenvalue weighted by Gasteiger charge is 2.15. The van der Waals surface area contributed by atoms with Gasteiger partial charge in [-0.05, 0) is 13.0 Å². The lowest BCUT2D eigenvalue weighted by Crippen LogP contribution is -2.07. The number of hydrogen-bond acceptors (Lipinski definition) is 9. The molecule has 144 valence electrons. The number of nitro benzene ring substituents is 1. The van der Waals surface area contributed by atoms with Crippen LogP contribution < -0.4 is 10.1 Å². The molecule has 0 saturated carbocycles. The number of anilines is 2. The van der Waals surface area contributed by atoms with Gasteiger partial charge in [-0.3, -0.25) is 10.1 Å². The van der Waals surface area contributed by atoms with Crippen LogP contribution in [0.25, 0.3) is 5.82 Å². The molecular formula is C17H16N6O5. The van der Waals surface area contributed by atoms with Crippen LogP contribution in [-0.4, -0.2) is 44.9 Å². The summed E-state index contributed by atoms with van der Waals surface area (Å²) in [4.78, 5) is 30.7. The zero-order valence-corrected chi connectivity index (χ0v) is 15.2. The Morgan fingerprint density at radius 3 is 2.75 bits per heavy atom. The van der Waals surface area contributed by atoms with Crippen LogP contribution in [0.15, 0.2) is 36.8 Å². The van der Waals surface area contributed by atoms with Crippen LogP contribution in [0.3, 0.4) is 0 Å². The molecule has 1 N–H and O–H groups in total. The number of carbonyl (C=O) groups excluding carboxylic acids is 1. The molecule has 0 atom stereocenters. The van der Waals surface area contributed by atoms with Crippen molar-refractivity contribution in [1.29, 1.82) is 0 Å². The molecule has 2 aromatic heterocycles. The van der Waals surface area contributed by atoms with Crippen molar-refractivity contribution in [1.82, 2.24) is 19.7 Å². The standard InChI is InChI=1S/C17H16N6O5/c1-10-7-18-17(20-13-6-12(23(25)26)4-5-14(13)27-2)21-15(10)22-9-11(8-19-22)16(24)28-3/h4-9H,1-3H3,(H,18,20,21). The van der Waals surface area contributed by atoms with Gasteiger partial charge in [0.25, 0.3) is 5.69 Å². The van der Waals surface area contributed by atoms with Crippen molar-refractivity contribution >= 4 is 23.3 Å². The smallest absolute Gasteiger partial charge is 0.341 e. The third kappa shape index (κ3) is 3.72. The normalized spacial score (nSPS) is 10.4. The Kier molecular flexibility index (Phi) is 5.16. The Hall–Kier alpha value is -4.02. The summed E-state index contributed by atoms with van der Waals surface area (Å²) in [5, 5.41) is 18.1. The molecule has 0 amide bonds. The van der Waals surface area contributed by atoms with E-state index in [9.17, 15) is 14.9 Å². The summed E-state index contributed by atoms with van der Waals surface area (Å²) in [6.07, 6.45) is 4.41. The summed E-state index contributed by atoms with van der Waals surface area (Å²) in [6, 6.07) is 4.14. The minimum absolute atomic E-state index is 0.106. The molecule has 28 heavy (non-hydrogen) atoms. The second kappa shape index (κ2) is 7.70. The van der Waals surface area contributed by atoms with Gasteiger partial charge in [0.05, 0.1) is 36.6 Å². The number of benzene rings is 1. The highest BCUT2D eigenvalue weighted by molar-refractivity contribution is 5.88. The first-order valence-corrected chi connectivity index (χ1v) is 7.99. The SMILES string of the molecule is COC(=O)c1cnn(-c2nc(Nc3cc([N+](=O)[O-])ccc3OC)ncc2C)c1. The summed E-state index contributed by atoms with van der Waals surface area (Å²) in [6.45, 7) is 1.78. The Balaban J connectivity index is 1.96.